The van der Waals surface area contributed by atoms with Gasteiger partial charge in [-0.05, 0) is 55.7 Å². The lowest BCUT2D eigenvalue weighted by molar-refractivity contribution is 0.301. The van der Waals surface area contributed by atoms with E-state index in [2.05, 4.69) is 12.1 Å². The Balaban J connectivity index is 2.23. The van der Waals surface area contributed by atoms with E-state index in [0.29, 0.717) is 11.1 Å². The Bertz CT molecular complexity index is 672. The van der Waals surface area contributed by atoms with Crippen molar-refractivity contribution in [1.29, 1.82) is 5.41 Å². The van der Waals surface area contributed by atoms with Gasteiger partial charge in [-0.3, -0.25) is 5.41 Å². The summed E-state index contributed by atoms with van der Waals surface area (Å²) < 4.78 is 19.3. The average Bonchev–Trinajstić information content (AvgIpc) is 2.36. The van der Waals surface area contributed by atoms with Crippen LogP contribution in [0.25, 0.3) is 0 Å². The number of aryl methyl sites for hydroxylation is 3. The number of nitrogens with two attached hydrogens (primary N) is 1. The predicted molar refractivity (Wildman–Crippen MR) is 82.4 cm³/mol. The number of hydrogen-bond donors (Lipinski definition) is 2. The van der Waals surface area contributed by atoms with Gasteiger partial charge in [0.2, 0.25) is 0 Å². The molecule has 2 aromatic carbocycles. The van der Waals surface area contributed by atoms with E-state index in [-0.39, 0.29) is 12.4 Å². The molecule has 3 nitrogen and oxygen atoms in total. The van der Waals surface area contributed by atoms with E-state index >= 15 is 0 Å². The number of rotatable bonds is 4. The molecule has 2 aromatic rings. The molecule has 0 spiro atoms. The van der Waals surface area contributed by atoms with E-state index in [1.807, 2.05) is 20.8 Å². The van der Waals surface area contributed by atoms with Crippen LogP contribution in [0.3, 0.4) is 0 Å². The van der Waals surface area contributed by atoms with E-state index < -0.39 is 5.82 Å². The second-order valence-electron chi connectivity index (χ2n) is 5.28. The fourth-order valence-corrected chi connectivity index (χ4v) is 2.44. The van der Waals surface area contributed by atoms with Gasteiger partial charge in [0, 0.05) is 5.56 Å². The fourth-order valence-electron chi connectivity index (χ4n) is 2.44. The van der Waals surface area contributed by atoms with Crippen molar-refractivity contribution in [2.75, 3.05) is 0 Å². The third kappa shape index (κ3) is 3.60. The number of nitrogens with one attached hydrogen (secondary N) is 1. The normalized spacial score (nSPS) is 10.5. The van der Waals surface area contributed by atoms with Crippen LogP contribution >= 0.6 is 0 Å². The lowest BCUT2D eigenvalue weighted by Gasteiger charge is -2.13. The first-order valence-electron chi connectivity index (χ1n) is 6.71. The Kier molecular flexibility index (Phi) is 4.26. The molecule has 0 aliphatic heterocycles. The Hall–Kier alpha value is -2.36. The molecule has 0 amide bonds. The molecule has 0 bridgehead atoms. The largest absolute Gasteiger partial charge is 0.488 e. The van der Waals surface area contributed by atoms with Crippen molar-refractivity contribution in [2.45, 2.75) is 27.4 Å². The first-order chi connectivity index (χ1) is 9.86. The van der Waals surface area contributed by atoms with Crippen molar-refractivity contribution in [2.24, 2.45) is 5.73 Å². The zero-order valence-corrected chi connectivity index (χ0v) is 12.5. The molecule has 0 saturated carbocycles. The van der Waals surface area contributed by atoms with Gasteiger partial charge in [0.25, 0.3) is 0 Å². The Morgan fingerprint density at radius 2 is 1.71 bits per heavy atom. The quantitative estimate of drug-likeness (QED) is 0.666. The number of benzene rings is 2. The van der Waals surface area contributed by atoms with Gasteiger partial charge in [0.05, 0.1) is 0 Å². The third-order valence-corrected chi connectivity index (χ3v) is 3.26. The van der Waals surface area contributed by atoms with Crippen LogP contribution in [0.1, 0.15) is 27.8 Å². The van der Waals surface area contributed by atoms with Crippen LogP contribution in [-0.2, 0) is 6.61 Å². The number of nitrogen functional groups attached to an aromatic ring is 1. The smallest absolute Gasteiger partial charge is 0.125 e. The molecule has 0 aliphatic carbocycles. The van der Waals surface area contributed by atoms with Crippen molar-refractivity contribution in [1.82, 2.24) is 0 Å². The summed E-state index contributed by atoms with van der Waals surface area (Å²) in [5.74, 6) is 0.242. The maximum absolute atomic E-state index is 13.5. The number of ether oxygens (including phenoxy) is 1. The first-order valence-corrected chi connectivity index (χ1v) is 6.71. The van der Waals surface area contributed by atoms with Gasteiger partial charge in [-0.15, -0.1) is 0 Å². The topological polar surface area (TPSA) is 59.1 Å². The maximum Gasteiger partial charge on any atom is 0.125 e. The molecule has 0 aromatic heterocycles. The minimum atomic E-state index is -0.418. The molecule has 0 aliphatic rings. The molecule has 0 unspecified atom stereocenters. The highest BCUT2D eigenvalue weighted by molar-refractivity contribution is 5.95. The first kappa shape index (κ1) is 15.0. The van der Waals surface area contributed by atoms with Gasteiger partial charge in [-0.1, -0.05) is 17.7 Å². The van der Waals surface area contributed by atoms with Gasteiger partial charge in [0.15, 0.2) is 0 Å². The molecule has 0 radical (unpaired) electrons. The molecule has 4 heteroatoms. The van der Waals surface area contributed by atoms with Gasteiger partial charge < -0.3 is 10.5 Å². The summed E-state index contributed by atoms with van der Waals surface area (Å²) in [5.41, 5.74) is 9.70. The van der Waals surface area contributed by atoms with E-state index in [1.165, 1.54) is 17.7 Å². The lowest BCUT2D eigenvalue weighted by atomic mass is 10.1. The molecule has 0 fully saturated rings. The van der Waals surface area contributed by atoms with Crippen molar-refractivity contribution < 1.29 is 9.13 Å². The van der Waals surface area contributed by atoms with Crippen LogP contribution in [-0.4, -0.2) is 5.84 Å². The molecule has 0 atom stereocenters. The molecule has 110 valence electrons. The zero-order valence-electron chi connectivity index (χ0n) is 12.5. The van der Waals surface area contributed by atoms with Gasteiger partial charge in [-0.2, -0.15) is 0 Å². The van der Waals surface area contributed by atoms with Crippen LogP contribution in [0.5, 0.6) is 5.75 Å². The highest BCUT2D eigenvalue weighted by atomic mass is 19.1. The number of hydrogen-bond acceptors (Lipinski definition) is 2. The van der Waals surface area contributed by atoms with E-state index in [1.54, 1.807) is 6.07 Å². The minimum absolute atomic E-state index is 0.154. The summed E-state index contributed by atoms with van der Waals surface area (Å²) in [6.07, 6.45) is 0. The molecule has 21 heavy (non-hydrogen) atoms. The molecule has 0 saturated heterocycles. The van der Waals surface area contributed by atoms with Crippen LogP contribution in [0.2, 0.25) is 0 Å². The summed E-state index contributed by atoms with van der Waals surface area (Å²) in [6.45, 7) is 6.25. The van der Waals surface area contributed by atoms with E-state index in [4.69, 9.17) is 15.9 Å². The highest BCUT2D eigenvalue weighted by Crippen LogP contribution is 2.25. The van der Waals surface area contributed by atoms with Gasteiger partial charge in [-0.25, -0.2) is 4.39 Å². The van der Waals surface area contributed by atoms with Crippen LogP contribution in [0, 0.1) is 32.0 Å². The summed E-state index contributed by atoms with van der Waals surface area (Å²) >= 11 is 0. The van der Waals surface area contributed by atoms with Crippen molar-refractivity contribution in [3.63, 3.8) is 0 Å². The fraction of sp³-hybridized carbons (Fsp3) is 0.235. The molecular formula is C17H19FN2O. The summed E-state index contributed by atoms with van der Waals surface area (Å²) in [6, 6.07) is 8.41. The predicted octanol–water partition coefficient (Wildman–Crippen LogP) is 3.61. The monoisotopic (exact) mass is 286 g/mol. The highest BCUT2D eigenvalue weighted by Gasteiger charge is 2.08. The van der Waals surface area contributed by atoms with Gasteiger partial charge >= 0.3 is 0 Å². The SMILES string of the molecule is Cc1cc(C)c(OCc2cc(F)cc(C(=N)N)c2)c(C)c1. The third-order valence-electron chi connectivity index (χ3n) is 3.26. The summed E-state index contributed by atoms with van der Waals surface area (Å²) in [5, 5.41) is 7.39. The van der Waals surface area contributed by atoms with Crippen LogP contribution in [0.15, 0.2) is 30.3 Å². The van der Waals surface area contributed by atoms with E-state index in [0.717, 1.165) is 16.9 Å². The summed E-state index contributed by atoms with van der Waals surface area (Å²) in [7, 11) is 0. The standard InChI is InChI=1S/C17H19FN2O/c1-10-4-11(2)16(12(3)5-10)21-9-13-6-14(17(19)20)8-15(18)7-13/h4-8H,9H2,1-3H3,(H3,19,20). The molecular weight excluding hydrogens is 267 g/mol. The molecule has 2 rings (SSSR count). The van der Waals surface area contributed by atoms with Crippen molar-refractivity contribution in [3.05, 3.63) is 64.0 Å². The maximum atomic E-state index is 13.5. The van der Waals surface area contributed by atoms with E-state index in [9.17, 15) is 4.39 Å². The molecule has 3 N–H and O–H groups in total. The second kappa shape index (κ2) is 5.95. The van der Waals surface area contributed by atoms with Crippen molar-refractivity contribution in [3.8, 4) is 5.75 Å². The lowest BCUT2D eigenvalue weighted by Crippen LogP contribution is -2.12. The Labute approximate surface area is 124 Å². The Morgan fingerprint density at radius 3 is 2.29 bits per heavy atom. The van der Waals surface area contributed by atoms with Gasteiger partial charge in [0.1, 0.15) is 24.0 Å². The number of amidine groups is 1. The van der Waals surface area contributed by atoms with Crippen LogP contribution < -0.4 is 10.5 Å². The average molecular weight is 286 g/mol. The van der Waals surface area contributed by atoms with Crippen molar-refractivity contribution >= 4 is 5.84 Å². The van der Waals surface area contributed by atoms with Crippen LogP contribution in [0.4, 0.5) is 4.39 Å². The number of halogens is 1. The molecule has 0 heterocycles. The summed E-state index contributed by atoms with van der Waals surface area (Å²) in [4.78, 5) is 0. The Morgan fingerprint density at radius 1 is 1.10 bits per heavy atom. The second-order valence-corrected chi connectivity index (χ2v) is 5.28. The minimum Gasteiger partial charge on any atom is -0.488 e. The zero-order chi connectivity index (χ0) is 15.6.